The number of aromatic nitrogens is 3. The van der Waals surface area contributed by atoms with Crippen molar-refractivity contribution >= 4 is 11.9 Å². The van der Waals surface area contributed by atoms with Crippen LogP contribution < -0.4 is 15.4 Å². The quantitative estimate of drug-likeness (QED) is 0.656. The highest BCUT2D eigenvalue weighted by molar-refractivity contribution is 5.35. The van der Waals surface area contributed by atoms with Crippen LogP contribution in [0.4, 0.5) is 11.9 Å². The molecule has 0 aliphatic heterocycles. The highest BCUT2D eigenvalue weighted by Crippen LogP contribution is 2.10. The predicted molar refractivity (Wildman–Crippen MR) is 74.7 cm³/mol. The highest BCUT2D eigenvalue weighted by Gasteiger charge is 2.05. The van der Waals surface area contributed by atoms with Crippen LogP contribution in [0.1, 0.15) is 20.8 Å². The minimum atomic E-state index is 0.312. The Morgan fingerprint density at radius 3 is 2.53 bits per heavy atom. The summed E-state index contributed by atoms with van der Waals surface area (Å²) in [5, 5.41) is 5.95. The lowest BCUT2D eigenvalue weighted by Crippen LogP contribution is -2.15. The molecule has 0 fully saturated rings. The van der Waals surface area contributed by atoms with Gasteiger partial charge in [0.1, 0.15) is 0 Å². The minimum Gasteiger partial charge on any atom is -0.464 e. The van der Waals surface area contributed by atoms with Gasteiger partial charge in [-0.2, -0.15) is 15.0 Å². The van der Waals surface area contributed by atoms with Crippen molar-refractivity contribution in [3.63, 3.8) is 0 Å². The second kappa shape index (κ2) is 8.47. The van der Waals surface area contributed by atoms with Crippen LogP contribution >= 0.6 is 0 Å². The van der Waals surface area contributed by atoms with Gasteiger partial charge >= 0.3 is 6.01 Å². The molecule has 0 saturated heterocycles. The van der Waals surface area contributed by atoms with Crippen molar-refractivity contribution in [3.8, 4) is 6.01 Å². The van der Waals surface area contributed by atoms with Gasteiger partial charge in [-0.25, -0.2) is 0 Å². The maximum absolute atomic E-state index is 5.47. The third kappa shape index (κ3) is 6.19. The van der Waals surface area contributed by atoms with Crippen molar-refractivity contribution in [1.29, 1.82) is 0 Å². The molecule has 1 heterocycles. The molecular weight excluding hydrogens is 246 g/mol. The first kappa shape index (κ1) is 15.4. The number of hydrogen-bond donors (Lipinski definition) is 2. The van der Waals surface area contributed by atoms with Crippen LogP contribution in [0.3, 0.4) is 0 Å². The van der Waals surface area contributed by atoms with E-state index in [0.29, 0.717) is 43.6 Å². The number of hydrogen-bond acceptors (Lipinski definition) is 7. The van der Waals surface area contributed by atoms with E-state index in [9.17, 15) is 0 Å². The van der Waals surface area contributed by atoms with Crippen LogP contribution in [0, 0.1) is 5.92 Å². The van der Waals surface area contributed by atoms with Gasteiger partial charge in [0, 0.05) is 20.2 Å². The van der Waals surface area contributed by atoms with Gasteiger partial charge in [-0.05, 0) is 12.8 Å². The van der Waals surface area contributed by atoms with E-state index in [1.807, 2.05) is 6.92 Å². The molecule has 1 aromatic heterocycles. The molecule has 0 atom stereocenters. The SMILES string of the molecule is CCOc1nc(NC)nc(NCCOCC(C)C)n1. The van der Waals surface area contributed by atoms with Crippen LogP contribution in [0.25, 0.3) is 0 Å². The molecule has 108 valence electrons. The fourth-order valence-electron chi connectivity index (χ4n) is 1.30. The van der Waals surface area contributed by atoms with E-state index in [2.05, 4.69) is 39.4 Å². The van der Waals surface area contributed by atoms with Crippen LogP contribution in [0.15, 0.2) is 0 Å². The molecule has 0 saturated carbocycles. The number of nitrogens with zero attached hydrogens (tertiary/aromatic N) is 3. The lowest BCUT2D eigenvalue weighted by Gasteiger charge is -2.09. The first-order valence-corrected chi connectivity index (χ1v) is 6.54. The summed E-state index contributed by atoms with van der Waals surface area (Å²) < 4.78 is 10.7. The fourth-order valence-corrected chi connectivity index (χ4v) is 1.30. The Balaban J connectivity index is 2.45. The molecule has 0 spiro atoms. The molecule has 19 heavy (non-hydrogen) atoms. The van der Waals surface area contributed by atoms with Gasteiger partial charge in [-0.15, -0.1) is 0 Å². The lowest BCUT2D eigenvalue weighted by atomic mass is 10.2. The summed E-state index contributed by atoms with van der Waals surface area (Å²) >= 11 is 0. The topological polar surface area (TPSA) is 81.2 Å². The van der Waals surface area contributed by atoms with Crippen LogP contribution in [0.5, 0.6) is 6.01 Å². The molecule has 0 unspecified atom stereocenters. The molecule has 7 nitrogen and oxygen atoms in total. The highest BCUT2D eigenvalue weighted by atomic mass is 16.5. The molecule has 2 N–H and O–H groups in total. The molecule has 0 aliphatic rings. The predicted octanol–water partition coefficient (Wildman–Crippen LogP) is 1.40. The number of anilines is 2. The van der Waals surface area contributed by atoms with E-state index in [4.69, 9.17) is 9.47 Å². The Labute approximate surface area is 114 Å². The zero-order valence-corrected chi connectivity index (χ0v) is 12.1. The average Bonchev–Trinajstić information content (AvgIpc) is 2.38. The molecular formula is C12H23N5O2. The van der Waals surface area contributed by atoms with Crippen molar-refractivity contribution in [2.45, 2.75) is 20.8 Å². The lowest BCUT2D eigenvalue weighted by molar-refractivity contribution is 0.118. The monoisotopic (exact) mass is 269 g/mol. The van der Waals surface area contributed by atoms with Gasteiger partial charge in [0.05, 0.1) is 13.2 Å². The summed E-state index contributed by atoms with van der Waals surface area (Å²) in [6.45, 7) is 8.65. The normalized spacial score (nSPS) is 10.6. The Bertz CT molecular complexity index is 373. The third-order valence-corrected chi connectivity index (χ3v) is 2.09. The number of ether oxygens (including phenoxy) is 2. The molecule has 1 rings (SSSR count). The first-order chi connectivity index (χ1) is 9.15. The molecule has 0 aliphatic carbocycles. The smallest absolute Gasteiger partial charge is 0.323 e. The van der Waals surface area contributed by atoms with Crippen molar-refractivity contribution in [2.75, 3.05) is 44.0 Å². The molecule has 7 heteroatoms. The van der Waals surface area contributed by atoms with E-state index >= 15 is 0 Å². The molecule has 0 bridgehead atoms. The maximum atomic E-state index is 5.47. The van der Waals surface area contributed by atoms with E-state index in [1.165, 1.54) is 0 Å². The Hall–Kier alpha value is -1.63. The zero-order valence-electron chi connectivity index (χ0n) is 12.1. The van der Waals surface area contributed by atoms with Gasteiger partial charge in [0.2, 0.25) is 11.9 Å². The third-order valence-electron chi connectivity index (χ3n) is 2.09. The first-order valence-electron chi connectivity index (χ1n) is 6.54. The van der Waals surface area contributed by atoms with Crippen LogP contribution in [-0.4, -0.2) is 48.4 Å². The van der Waals surface area contributed by atoms with Gasteiger partial charge < -0.3 is 20.1 Å². The van der Waals surface area contributed by atoms with Crippen molar-refractivity contribution in [2.24, 2.45) is 5.92 Å². The zero-order chi connectivity index (χ0) is 14.1. The molecule has 1 aromatic rings. The van der Waals surface area contributed by atoms with E-state index < -0.39 is 0 Å². The minimum absolute atomic E-state index is 0.312. The van der Waals surface area contributed by atoms with Crippen LogP contribution in [0.2, 0.25) is 0 Å². The number of rotatable bonds is 9. The average molecular weight is 269 g/mol. The van der Waals surface area contributed by atoms with Crippen molar-refractivity contribution in [3.05, 3.63) is 0 Å². The van der Waals surface area contributed by atoms with Gasteiger partial charge in [-0.1, -0.05) is 13.8 Å². The summed E-state index contributed by atoms with van der Waals surface area (Å²) in [6, 6.07) is 0.312. The van der Waals surface area contributed by atoms with Gasteiger partial charge in [-0.3, -0.25) is 0 Å². The van der Waals surface area contributed by atoms with Gasteiger partial charge in [0.15, 0.2) is 0 Å². The largest absolute Gasteiger partial charge is 0.464 e. The van der Waals surface area contributed by atoms with Crippen LogP contribution in [-0.2, 0) is 4.74 Å². The summed E-state index contributed by atoms with van der Waals surface area (Å²) in [5.74, 6) is 1.50. The van der Waals surface area contributed by atoms with E-state index in [0.717, 1.165) is 6.61 Å². The summed E-state index contributed by atoms with van der Waals surface area (Å²) in [4.78, 5) is 12.4. The summed E-state index contributed by atoms with van der Waals surface area (Å²) in [5.41, 5.74) is 0. The van der Waals surface area contributed by atoms with E-state index in [-0.39, 0.29) is 0 Å². The summed E-state index contributed by atoms with van der Waals surface area (Å²) in [7, 11) is 1.75. The standard InChI is InChI=1S/C12H23N5O2/c1-5-19-12-16-10(13-4)15-11(17-12)14-6-7-18-8-9(2)3/h9H,5-8H2,1-4H3,(H2,13,14,15,16,17). The van der Waals surface area contributed by atoms with Crippen molar-refractivity contribution < 1.29 is 9.47 Å². The molecule has 0 amide bonds. The molecule has 0 aromatic carbocycles. The fraction of sp³-hybridized carbons (Fsp3) is 0.750. The van der Waals surface area contributed by atoms with Gasteiger partial charge in [0.25, 0.3) is 0 Å². The summed E-state index contributed by atoms with van der Waals surface area (Å²) in [6.07, 6.45) is 0. The Morgan fingerprint density at radius 1 is 1.16 bits per heavy atom. The Morgan fingerprint density at radius 2 is 1.89 bits per heavy atom. The maximum Gasteiger partial charge on any atom is 0.323 e. The van der Waals surface area contributed by atoms with E-state index in [1.54, 1.807) is 7.05 Å². The van der Waals surface area contributed by atoms with Crippen molar-refractivity contribution in [1.82, 2.24) is 15.0 Å². The second-order valence-electron chi connectivity index (χ2n) is 4.34. The Kier molecular flexibility index (Phi) is 6.88. The number of nitrogens with one attached hydrogen (secondary N) is 2. The molecule has 0 radical (unpaired) electrons. The second-order valence-corrected chi connectivity index (χ2v) is 4.34.